The summed E-state index contributed by atoms with van der Waals surface area (Å²) in [5, 5.41) is 2.98. The number of ether oxygens (including phenoxy) is 2. The summed E-state index contributed by atoms with van der Waals surface area (Å²) in [5.74, 6) is 1.28. The number of rotatable bonds is 5. The van der Waals surface area contributed by atoms with Crippen LogP contribution in [0.25, 0.3) is 0 Å². The van der Waals surface area contributed by atoms with Crippen LogP contribution < -0.4 is 14.8 Å². The van der Waals surface area contributed by atoms with E-state index in [2.05, 4.69) is 5.32 Å². The second kappa shape index (κ2) is 6.98. The molecule has 4 nitrogen and oxygen atoms in total. The Morgan fingerprint density at radius 1 is 1.05 bits per heavy atom. The van der Waals surface area contributed by atoms with E-state index in [1.54, 1.807) is 20.3 Å². The fourth-order valence-electron chi connectivity index (χ4n) is 2.37. The minimum atomic E-state index is -0.0686. The average Bonchev–Trinajstić information content (AvgIpc) is 2.51. The summed E-state index contributed by atoms with van der Waals surface area (Å²) < 4.78 is 10.5. The van der Waals surface area contributed by atoms with E-state index in [1.807, 2.05) is 44.2 Å². The van der Waals surface area contributed by atoms with Gasteiger partial charge in [-0.2, -0.15) is 0 Å². The van der Waals surface area contributed by atoms with Crippen molar-refractivity contribution in [3.05, 3.63) is 53.1 Å². The first-order valence-electron chi connectivity index (χ1n) is 7.12. The van der Waals surface area contributed by atoms with Gasteiger partial charge in [0.1, 0.15) is 11.5 Å². The molecule has 0 fully saturated rings. The van der Waals surface area contributed by atoms with Crippen molar-refractivity contribution in [2.75, 3.05) is 19.5 Å². The number of nitrogens with one attached hydrogen (secondary N) is 1. The van der Waals surface area contributed by atoms with Crippen LogP contribution in [0.5, 0.6) is 11.5 Å². The molecule has 0 atom stereocenters. The molecule has 116 valence electrons. The number of para-hydroxylation sites is 1. The van der Waals surface area contributed by atoms with E-state index in [-0.39, 0.29) is 12.3 Å². The Labute approximate surface area is 131 Å². The Bertz CT molecular complexity index is 660. The molecule has 0 saturated carbocycles. The van der Waals surface area contributed by atoms with Gasteiger partial charge in [0.2, 0.25) is 5.91 Å². The summed E-state index contributed by atoms with van der Waals surface area (Å²) in [6, 6.07) is 11.4. The lowest BCUT2D eigenvalue weighted by molar-refractivity contribution is -0.115. The zero-order chi connectivity index (χ0) is 16.1. The minimum Gasteiger partial charge on any atom is -0.497 e. The number of benzene rings is 2. The average molecular weight is 299 g/mol. The van der Waals surface area contributed by atoms with Gasteiger partial charge in [-0.15, -0.1) is 0 Å². The fraction of sp³-hybridized carbons (Fsp3) is 0.278. The lowest BCUT2D eigenvalue weighted by atomic mass is 10.1. The summed E-state index contributed by atoms with van der Waals surface area (Å²) >= 11 is 0. The van der Waals surface area contributed by atoms with E-state index in [9.17, 15) is 4.79 Å². The summed E-state index contributed by atoms with van der Waals surface area (Å²) in [6.07, 6.45) is 0.251. The third-order valence-electron chi connectivity index (χ3n) is 3.59. The van der Waals surface area contributed by atoms with Crippen LogP contribution in [0.1, 0.15) is 16.7 Å². The molecule has 0 aromatic heterocycles. The molecule has 2 rings (SSSR count). The lowest BCUT2D eigenvalue weighted by Gasteiger charge is -2.13. The monoisotopic (exact) mass is 299 g/mol. The molecular formula is C18H21NO3. The van der Waals surface area contributed by atoms with Crippen molar-refractivity contribution < 1.29 is 14.3 Å². The number of anilines is 1. The first-order valence-corrected chi connectivity index (χ1v) is 7.12. The second-order valence-electron chi connectivity index (χ2n) is 5.17. The zero-order valence-electron chi connectivity index (χ0n) is 13.4. The highest BCUT2D eigenvalue weighted by Gasteiger charge is 2.12. The molecule has 1 amide bonds. The molecule has 0 saturated heterocycles. The third kappa shape index (κ3) is 3.58. The molecule has 1 N–H and O–H groups in total. The Morgan fingerprint density at radius 3 is 2.32 bits per heavy atom. The van der Waals surface area contributed by atoms with Crippen LogP contribution in [0, 0.1) is 13.8 Å². The number of methoxy groups -OCH3 is 2. The maximum absolute atomic E-state index is 12.3. The summed E-state index contributed by atoms with van der Waals surface area (Å²) in [5.41, 5.74) is 3.80. The molecule has 0 heterocycles. The molecule has 0 spiro atoms. The Hall–Kier alpha value is -2.49. The molecule has 0 radical (unpaired) electrons. The van der Waals surface area contributed by atoms with Gasteiger partial charge in [-0.1, -0.05) is 24.3 Å². The number of carbonyl (C=O) groups is 1. The molecule has 0 aliphatic heterocycles. The highest BCUT2D eigenvalue weighted by Crippen LogP contribution is 2.26. The van der Waals surface area contributed by atoms with Crippen molar-refractivity contribution in [2.45, 2.75) is 20.3 Å². The first-order chi connectivity index (χ1) is 10.5. The predicted octanol–water partition coefficient (Wildman–Crippen LogP) is 3.50. The minimum absolute atomic E-state index is 0.0686. The van der Waals surface area contributed by atoms with Gasteiger partial charge in [0.25, 0.3) is 0 Å². The van der Waals surface area contributed by atoms with Gasteiger partial charge in [0.15, 0.2) is 0 Å². The maximum atomic E-state index is 12.3. The van der Waals surface area contributed by atoms with Crippen LogP contribution in [-0.2, 0) is 11.2 Å². The van der Waals surface area contributed by atoms with Crippen molar-refractivity contribution >= 4 is 11.6 Å². The van der Waals surface area contributed by atoms with Crippen LogP contribution in [0.2, 0.25) is 0 Å². The van der Waals surface area contributed by atoms with E-state index in [0.29, 0.717) is 11.5 Å². The molecule has 2 aromatic rings. The van der Waals surface area contributed by atoms with Gasteiger partial charge >= 0.3 is 0 Å². The lowest BCUT2D eigenvalue weighted by Crippen LogP contribution is -2.16. The molecule has 0 unspecified atom stereocenters. The Morgan fingerprint density at radius 2 is 1.73 bits per heavy atom. The van der Waals surface area contributed by atoms with Crippen molar-refractivity contribution in [1.82, 2.24) is 0 Å². The van der Waals surface area contributed by atoms with Gasteiger partial charge in [-0.3, -0.25) is 4.79 Å². The van der Waals surface area contributed by atoms with Gasteiger partial charge in [-0.25, -0.2) is 0 Å². The molecule has 0 bridgehead atoms. The van der Waals surface area contributed by atoms with Gasteiger partial charge in [0.05, 0.1) is 20.6 Å². The summed E-state index contributed by atoms with van der Waals surface area (Å²) in [6.45, 7) is 3.97. The number of hydrogen-bond acceptors (Lipinski definition) is 3. The Balaban J connectivity index is 2.16. The fourth-order valence-corrected chi connectivity index (χ4v) is 2.37. The molecule has 0 aliphatic rings. The van der Waals surface area contributed by atoms with Crippen LogP contribution in [-0.4, -0.2) is 20.1 Å². The van der Waals surface area contributed by atoms with Gasteiger partial charge < -0.3 is 14.8 Å². The van der Waals surface area contributed by atoms with E-state index in [4.69, 9.17) is 9.47 Å². The second-order valence-corrected chi connectivity index (χ2v) is 5.17. The number of carbonyl (C=O) groups excluding carboxylic acids is 1. The SMILES string of the molecule is COc1ccc(CC(=O)Nc2c(C)cccc2C)c(OC)c1. The van der Waals surface area contributed by atoms with Crippen LogP contribution in [0.4, 0.5) is 5.69 Å². The molecular weight excluding hydrogens is 278 g/mol. The number of amides is 1. The Kier molecular flexibility index (Phi) is 5.04. The van der Waals surface area contributed by atoms with E-state index < -0.39 is 0 Å². The smallest absolute Gasteiger partial charge is 0.228 e. The van der Waals surface area contributed by atoms with Crippen molar-refractivity contribution in [2.24, 2.45) is 0 Å². The van der Waals surface area contributed by atoms with E-state index >= 15 is 0 Å². The van der Waals surface area contributed by atoms with Crippen molar-refractivity contribution in [3.8, 4) is 11.5 Å². The number of aryl methyl sites for hydroxylation is 2. The first kappa shape index (κ1) is 15.9. The molecule has 0 aliphatic carbocycles. The molecule has 22 heavy (non-hydrogen) atoms. The topological polar surface area (TPSA) is 47.6 Å². The highest BCUT2D eigenvalue weighted by molar-refractivity contribution is 5.94. The largest absolute Gasteiger partial charge is 0.497 e. The van der Waals surface area contributed by atoms with Crippen molar-refractivity contribution in [1.29, 1.82) is 0 Å². The predicted molar refractivity (Wildman–Crippen MR) is 87.8 cm³/mol. The number of hydrogen-bond donors (Lipinski definition) is 1. The van der Waals surface area contributed by atoms with Crippen molar-refractivity contribution in [3.63, 3.8) is 0 Å². The standard InChI is InChI=1S/C18H21NO3/c1-12-6-5-7-13(2)18(12)19-17(20)10-14-8-9-15(21-3)11-16(14)22-4/h5-9,11H,10H2,1-4H3,(H,19,20). The normalized spacial score (nSPS) is 10.2. The van der Waals surface area contributed by atoms with Crippen LogP contribution in [0.15, 0.2) is 36.4 Å². The van der Waals surface area contributed by atoms with E-state index in [1.165, 1.54) is 0 Å². The zero-order valence-corrected chi connectivity index (χ0v) is 13.4. The third-order valence-corrected chi connectivity index (χ3v) is 3.59. The quantitative estimate of drug-likeness (QED) is 0.919. The van der Waals surface area contributed by atoms with Crippen LogP contribution in [0.3, 0.4) is 0 Å². The van der Waals surface area contributed by atoms with Gasteiger partial charge in [0, 0.05) is 17.3 Å². The molecule has 2 aromatic carbocycles. The van der Waals surface area contributed by atoms with E-state index in [0.717, 1.165) is 22.4 Å². The maximum Gasteiger partial charge on any atom is 0.228 e. The molecule has 4 heteroatoms. The summed E-state index contributed by atoms with van der Waals surface area (Å²) in [4.78, 5) is 12.3. The summed E-state index contributed by atoms with van der Waals surface area (Å²) in [7, 11) is 3.18. The van der Waals surface area contributed by atoms with Gasteiger partial charge in [-0.05, 0) is 31.0 Å². The van der Waals surface area contributed by atoms with Crippen LogP contribution >= 0.6 is 0 Å². The highest BCUT2D eigenvalue weighted by atomic mass is 16.5.